The Hall–Kier alpha value is -1.88. The summed E-state index contributed by atoms with van der Waals surface area (Å²) in [6.45, 7) is 0. The van der Waals surface area contributed by atoms with E-state index < -0.39 is 6.43 Å². The molecule has 0 unspecified atom stereocenters. The smallest absolute Gasteiger partial charge is 0.265 e. The van der Waals surface area contributed by atoms with Crippen molar-refractivity contribution in [1.82, 2.24) is 0 Å². The van der Waals surface area contributed by atoms with Crippen molar-refractivity contribution in [3.8, 4) is 11.5 Å². The molecule has 0 heterocycles. The highest BCUT2D eigenvalue weighted by Crippen LogP contribution is 2.31. The minimum absolute atomic E-state index is 0.0495. The third kappa shape index (κ3) is 4.35. The van der Waals surface area contributed by atoms with Gasteiger partial charge >= 0.3 is 0 Å². The molecular weight excluding hydrogens is 291 g/mol. The van der Waals surface area contributed by atoms with E-state index >= 15 is 0 Å². The number of nitrogens with two attached hydrogens (primary N) is 1. The lowest BCUT2D eigenvalue weighted by Crippen LogP contribution is -1.95. The highest BCUT2D eigenvalue weighted by Gasteiger charge is 2.12. The highest BCUT2D eigenvalue weighted by atomic mass is 35.5. The monoisotopic (exact) mass is 303 g/mol. The van der Waals surface area contributed by atoms with Crippen LogP contribution in [0.4, 0.5) is 18.9 Å². The maximum absolute atomic E-state index is 12.6. The van der Waals surface area contributed by atoms with Crippen LogP contribution in [0.15, 0.2) is 42.5 Å². The van der Waals surface area contributed by atoms with E-state index in [1.807, 2.05) is 0 Å². The number of halogens is 4. The minimum Gasteiger partial charge on any atom is -0.457 e. The van der Waals surface area contributed by atoms with Crippen molar-refractivity contribution in [2.45, 2.75) is 6.43 Å². The van der Waals surface area contributed by atoms with Gasteiger partial charge in [0, 0.05) is 16.3 Å². The molecule has 2 aromatic rings. The predicted octanol–water partition coefficient (Wildman–Crippen LogP) is 5.24. The van der Waals surface area contributed by atoms with Crippen LogP contribution < -0.4 is 10.5 Å². The third-order valence-electron chi connectivity index (χ3n) is 2.34. The lowest BCUT2D eigenvalue weighted by molar-refractivity contribution is 0.152. The molecule has 0 amide bonds. The molecule has 0 radical (unpaired) electrons. The standard InChI is InChI=1S/C13H10ClF2NO.CH3F/c14-8-1-3-9(4-2-8)18-10-5-6-12(17)11(7-10)13(15)16;1-2/h1-7,13H,17H2;1H3. The van der Waals surface area contributed by atoms with Crippen molar-refractivity contribution < 1.29 is 17.9 Å². The first kappa shape index (κ1) is 16.2. The van der Waals surface area contributed by atoms with Gasteiger partial charge in [-0.1, -0.05) is 11.6 Å². The summed E-state index contributed by atoms with van der Waals surface area (Å²) in [5, 5.41) is 0.577. The molecule has 0 aliphatic carbocycles. The lowest BCUT2D eigenvalue weighted by Gasteiger charge is -2.09. The number of hydrogen-bond donors (Lipinski definition) is 1. The Morgan fingerprint density at radius 1 is 1.00 bits per heavy atom. The van der Waals surface area contributed by atoms with E-state index in [9.17, 15) is 13.2 Å². The summed E-state index contributed by atoms with van der Waals surface area (Å²) in [5.41, 5.74) is 5.27. The molecule has 108 valence electrons. The van der Waals surface area contributed by atoms with Crippen LogP contribution in [-0.4, -0.2) is 7.18 Å². The second-order valence-corrected chi connectivity index (χ2v) is 4.08. The number of benzene rings is 2. The van der Waals surface area contributed by atoms with Gasteiger partial charge in [-0.15, -0.1) is 0 Å². The summed E-state index contributed by atoms with van der Waals surface area (Å²) in [6.07, 6.45) is -2.63. The number of rotatable bonds is 3. The van der Waals surface area contributed by atoms with E-state index in [4.69, 9.17) is 22.1 Å². The normalized spacial score (nSPS) is 9.90. The predicted molar refractivity (Wildman–Crippen MR) is 74.4 cm³/mol. The van der Waals surface area contributed by atoms with Gasteiger partial charge in [-0.2, -0.15) is 0 Å². The summed E-state index contributed by atoms with van der Waals surface area (Å²) in [6, 6.07) is 10.8. The van der Waals surface area contributed by atoms with E-state index in [1.54, 1.807) is 24.3 Å². The molecule has 6 heteroatoms. The number of nitrogen functional groups attached to an aromatic ring is 1. The number of ether oxygens (including phenoxy) is 1. The van der Waals surface area contributed by atoms with Gasteiger partial charge in [0.25, 0.3) is 6.43 Å². The van der Waals surface area contributed by atoms with Crippen molar-refractivity contribution >= 4 is 17.3 Å². The summed E-state index contributed by atoms with van der Waals surface area (Å²) in [4.78, 5) is 0. The van der Waals surface area contributed by atoms with Crippen molar-refractivity contribution in [2.75, 3.05) is 12.9 Å². The molecule has 0 saturated heterocycles. The molecule has 0 atom stereocenters. The van der Waals surface area contributed by atoms with Gasteiger partial charge in [-0.25, -0.2) is 8.78 Å². The van der Waals surface area contributed by atoms with Gasteiger partial charge in [0.1, 0.15) is 11.5 Å². The first-order chi connectivity index (χ1) is 9.56. The molecule has 0 aliphatic rings. The van der Waals surface area contributed by atoms with Crippen LogP contribution in [0.5, 0.6) is 11.5 Å². The zero-order valence-corrected chi connectivity index (χ0v) is 11.4. The van der Waals surface area contributed by atoms with Gasteiger partial charge in [0.2, 0.25) is 0 Å². The van der Waals surface area contributed by atoms with Crippen LogP contribution in [0.25, 0.3) is 0 Å². The Morgan fingerprint density at radius 3 is 2.10 bits per heavy atom. The molecule has 20 heavy (non-hydrogen) atoms. The molecule has 2 N–H and O–H groups in total. The SMILES string of the molecule is CF.Nc1ccc(Oc2ccc(Cl)cc2)cc1C(F)F. The molecule has 0 aliphatic heterocycles. The quantitative estimate of drug-likeness (QED) is 0.787. The van der Waals surface area contributed by atoms with Crippen molar-refractivity contribution in [1.29, 1.82) is 0 Å². The molecule has 2 rings (SSSR count). The topological polar surface area (TPSA) is 35.2 Å². The van der Waals surface area contributed by atoms with Crippen LogP contribution in [0, 0.1) is 0 Å². The van der Waals surface area contributed by atoms with E-state index in [0.717, 1.165) is 0 Å². The number of hydrogen-bond acceptors (Lipinski definition) is 2. The molecule has 2 nitrogen and oxygen atoms in total. The Morgan fingerprint density at radius 2 is 1.55 bits per heavy atom. The van der Waals surface area contributed by atoms with Crippen LogP contribution in [0.3, 0.4) is 0 Å². The zero-order valence-electron chi connectivity index (χ0n) is 10.6. The van der Waals surface area contributed by atoms with Crippen molar-refractivity contribution in [2.24, 2.45) is 0 Å². The Kier molecular flexibility index (Phi) is 6.18. The maximum Gasteiger partial charge on any atom is 0.265 e. The van der Waals surface area contributed by atoms with Crippen LogP contribution in [0.2, 0.25) is 5.02 Å². The van der Waals surface area contributed by atoms with Gasteiger partial charge in [0.15, 0.2) is 0 Å². The summed E-state index contributed by atoms with van der Waals surface area (Å²) in [7, 11) is 0.500. The zero-order chi connectivity index (χ0) is 15.1. The molecular formula is C14H13ClF3NO. The van der Waals surface area contributed by atoms with Crippen LogP contribution >= 0.6 is 11.6 Å². The maximum atomic E-state index is 12.6. The van der Waals surface area contributed by atoms with E-state index in [-0.39, 0.29) is 11.3 Å². The van der Waals surface area contributed by atoms with E-state index in [2.05, 4.69) is 0 Å². The largest absolute Gasteiger partial charge is 0.457 e. The molecule has 0 spiro atoms. The first-order valence-electron chi connectivity index (χ1n) is 5.55. The summed E-state index contributed by atoms with van der Waals surface area (Å²) in [5.74, 6) is 0.825. The summed E-state index contributed by atoms with van der Waals surface area (Å²) >= 11 is 5.73. The van der Waals surface area contributed by atoms with Crippen molar-refractivity contribution in [3.63, 3.8) is 0 Å². The van der Waals surface area contributed by atoms with Crippen molar-refractivity contribution in [3.05, 3.63) is 53.1 Å². The first-order valence-corrected chi connectivity index (χ1v) is 5.93. The fourth-order valence-electron chi connectivity index (χ4n) is 1.44. The fourth-order valence-corrected chi connectivity index (χ4v) is 1.57. The van der Waals surface area contributed by atoms with Gasteiger partial charge < -0.3 is 10.5 Å². The molecule has 0 bridgehead atoms. The molecule has 0 fully saturated rings. The van der Waals surface area contributed by atoms with Crippen LogP contribution in [0.1, 0.15) is 12.0 Å². The number of anilines is 1. The van der Waals surface area contributed by atoms with Gasteiger partial charge in [0.05, 0.1) is 7.18 Å². The molecule has 0 saturated carbocycles. The molecule has 0 aromatic heterocycles. The fraction of sp³-hybridized carbons (Fsp3) is 0.143. The minimum atomic E-state index is -2.63. The van der Waals surface area contributed by atoms with E-state index in [0.29, 0.717) is 23.7 Å². The summed E-state index contributed by atoms with van der Waals surface area (Å²) < 4.78 is 40.2. The molecule has 2 aromatic carbocycles. The third-order valence-corrected chi connectivity index (χ3v) is 2.59. The Balaban J connectivity index is 0.000000956. The second kappa shape index (κ2) is 7.65. The highest BCUT2D eigenvalue weighted by molar-refractivity contribution is 6.30. The Labute approximate surface area is 119 Å². The van der Waals surface area contributed by atoms with Gasteiger partial charge in [-0.3, -0.25) is 4.39 Å². The average molecular weight is 304 g/mol. The van der Waals surface area contributed by atoms with Crippen LogP contribution in [-0.2, 0) is 0 Å². The van der Waals surface area contributed by atoms with E-state index in [1.165, 1.54) is 18.2 Å². The Bertz CT molecular complexity index is 547. The number of alkyl halides is 3. The van der Waals surface area contributed by atoms with Gasteiger partial charge in [-0.05, 0) is 42.5 Å². The lowest BCUT2D eigenvalue weighted by atomic mass is 10.2. The second-order valence-electron chi connectivity index (χ2n) is 3.65. The average Bonchev–Trinajstić information content (AvgIpc) is 2.45.